The Hall–Kier alpha value is -0.990. The first-order valence-corrected chi connectivity index (χ1v) is 5.60. The molecule has 3 nitrogen and oxygen atoms in total. The van der Waals surface area contributed by atoms with Gasteiger partial charge in [0.15, 0.2) is 0 Å². The molecule has 1 aliphatic heterocycles. The van der Waals surface area contributed by atoms with Crippen molar-refractivity contribution in [1.29, 1.82) is 0 Å². The molecule has 1 amide bonds. The molecule has 1 saturated heterocycles. The number of hydrogen-bond donors (Lipinski definition) is 1. The van der Waals surface area contributed by atoms with Crippen LogP contribution in [0, 0.1) is 5.41 Å². The van der Waals surface area contributed by atoms with Crippen LogP contribution in [0.5, 0.6) is 0 Å². The van der Waals surface area contributed by atoms with E-state index in [1.165, 1.54) is 0 Å². The highest BCUT2D eigenvalue weighted by Crippen LogP contribution is 2.46. The van der Waals surface area contributed by atoms with Gasteiger partial charge >= 0.3 is 12.4 Å². The molecule has 0 saturated carbocycles. The van der Waals surface area contributed by atoms with Gasteiger partial charge < -0.3 is 5.32 Å². The maximum absolute atomic E-state index is 13.0. The first-order chi connectivity index (χ1) is 8.52. The van der Waals surface area contributed by atoms with Crippen molar-refractivity contribution < 1.29 is 31.1 Å². The molecule has 1 heterocycles. The molecule has 112 valence electrons. The fourth-order valence-corrected chi connectivity index (χ4v) is 2.22. The summed E-state index contributed by atoms with van der Waals surface area (Å²) in [6, 6.07) is 0. The number of amides is 1. The molecular weight excluding hydrogens is 278 g/mol. The number of halogens is 6. The smallest absolute Gasteiger partial charge is 0.358 e. The van der Waals surface area contributed by atoms with Crippen LogP contribution >= 0.6 is 0 Å². The highest BCUT2D eigenvalue weighted by molar-refractivity contribution is 5.83. The van der Waals surface area contributed by atoms with E-state index >= 15 is 0 Å². The minimum absolute atomic E-state index is 0.410. The lowest BCUT2D eigenvalue weighted by Gasteiger charge is -2.41. The number of rotatable bonds is 2. The number of nitrogens with zero attached hydrogens (tertiary/aromatic N) is 1. The molecular formula is C10H14F6N2O. The van der Waals surface area contributed by atoms with Crippen molar-refractivity contribution in [3.05, 3.63) is 0 Å². The zero-order chi connectivity index (χ0) is 14.9. The summed E-state index contributed by atoms with van der Waals surface area (Å²) in [5.41, 5.74) is -2.58. The van der Waals surface area contributed by atoms with Crippen LogP contribution in [0.3, 0.4) is 0 Å². The summed E-state index contributed by atoms with van der Waals surface area (Å²) in [5, 5.41) is 1.95. The summed E-state index contributed by atoms with van der Waals surface area (Å²) in [5.74, 6) is -1.19. The monoisotopic (exact) mass is 292 g/mol. The molecule has 0 aromatic carbocycles. The number of nitrogens with one attached hydrogen (secondary N) is 1. The van der Waals surface area contributed by atoms with E-state index in [9.17, 15) is 31.1 Å². The molecule has 0 bridgehead atoms. The molecule has 1 aliphatic rings. The van der Waals surface area contributed by atoms with Gasteiger partial charge in [-0.05, 0) is 25.9 Å². The van der Waals surface area contributed by atoms with E-state index in [0.29, 0.717) is 0 Å². The third-order valence-corrected chi connectivity index (χ3v) is 3.32. The molecule has 0 aromatic heterocycles. The predicted molar refractivity (Wildman–Crippen MR) is 54.3 cm³/mol. The lowest BCUT2D eigenvalue weighted by molar-refractivity contribution is -0.235. The van der Waals surface area contributed by atoms with Crippen LogP contribution < -0.4 is 5.32 Å². The Balaban J connectivity index is 2.79. The van der Waals surface area contributed by atoms with Crippen molar-refractivity contribution in [3.63, 3.8) is 0 Å². The first-order valence-electron chi connectivity index (χ1n) is 5.60. The number of carbonyl (C=O) groups excluding carboxylic acids is 1. The van der Waals surface area contributed by atoms with Crippen LogP contribution in [-0.2, 0) is 4.79 Å². The zero-order valence-electron chi connectivity index (χ0n) is 10.2. The molecule has 19 heavy (non-hydrogen) atoms. The number of piperidine rings is 1. The van der Waals surface area contributed by atoms with E-state index in [2.05, 4.69) is 0 Å². The van der Waals surface area contributed by atoms with E-state index in [0.717, 1.165) is 11.9 Å². The van der Waals surface area contributed by atoms with Gasteiger partial charge in [-0.1, -0.05) is 0 Å². The van der Waals surface area contributed by atoms with Crippen LogP contribution in [0.4, 0.5) is 26.3 Å². The highest BCUT2D eigenvalue weighted by Gasteiger charge is 2.60. The summed E-state index contributed by atoms with van der Waals surface area (Å²) in [4.78, 5) is 12.3. The van der Waals surface area contributed by atoms with Gasteiger partial charge in [0.2, 0.25) is 5.91 Å². The van der Waals surface area contributed by atoms with Gasteiger partial charge in [0.25, 0.3) is 0 Å². The second kappa shape index (κ2) is 5.18. The maximum atomic E-state index is 13.0. The number of likely N-dealkylation sites (tertiary alicyclic amines) is 1. The highest BCUT2D eigenvalue weighted by atomic mass is 19.4. The molecule has 0 unspecified atom stereocenters. The van der Waals surface area contributed by atoms with E-state index in [1.54, 1.807) is 0 Å². The van der Waals surface area contributed by atoms with E-state index in [1.807, 2.05) is 5.32 Å². The van der Waals surface area contributed by atoms with Crippen LogP contribution in [0.25, 0.3) is 0 Å². The van der Waals surface area contributed by atoms with Crippen LogP contribution in [0.15, 0.2) is 0 Å². The Bertz CT molecular complexity index is 330. The van der Waals surface area contributed by atoms with E-state index < -0.39 is 56.2 Å². The van der Waals surface area contributed by atoms with Crippen LogP contribution in [-0.4, -0.2) is 49.8 Å². The number of alkyl halides is 6. The summed E-state index contributed by atoms with van der Waals surface area (Å²) in [6.45, 7) is -2.08. The third-order valence-electron chi connectivity index (χ3n) is 3.32. The second-order valence-electron chi connectivity index (χ2n) is 4.55. The van der Waals surface area contributed by atoms with Crippen LogP contribution in [0.2, 0.25) is 0 Å². The Morgan fingerprint density at radius 3 is 1.95 bits per heavy atom. The summed E-state index contributed by atoms with van der Waals surface area (Å²) in [7, 11) is 1.08. The topological polar surface area (TPSA) is 32.3 Å². The fourth-order valence-electron chi connectivity index (χ4n) is 2.22. The van der Waals surface area contributed by atoms with E-state index in [4.69, 9.17) is 0 Å². The zero-order valence-corrected chi connectivity index (χ0v) is 10.2. The van der Waals surface area contributed by atoms with Crippen molar-refractivity contribution in [1.82, 2.24) is 10.2 Å². The molecule has 0 aliphatic carbocycles. The van der Waals surface area contributed by atoms with Crippen molar-refractivity contribution >= 4 is 5.91 Å². The summed E-state index contributed by atoms with van der Waals surface area (Å²) in [6.07, 6.45) is -10.5. The minimum Gasteiger partial charge on any atom is -0.358 e. The van der Waals surface area contributed by atoms with Gasteiger partial charge in [0.05, 0.1) is 6.54 Å². The summed E-state index contributed by atoms with van der Waals surface area (Å²) < 4.78 is 75.4. The van der Waals surface area contributed by atoms with Gasteiger partial charge in [-0.2, -0.15) is 26.3 Å². The van der Waals surface area contributed by atoms with Gasteiger partial charge in [-0.3, -0.25) is 9.69 Å². The Kier molecular flexibility index (Phi) is 4.38. The number of hydrogen-bond acceptors (Lipinski definition) is 2. The third kappa shape index (κ3) is 3.52. The predicted octanol–water partition coefficient (Wildman–Crippen LogP) is 1.94. The van der Waals surface area contributed by atoms with E-state index in [-0.39, 0.29) is 0 Å². The Morgan fingerprint density at radius 2 is 1.63 bits per heavy atom. The molecule has 0 radical (unpaired) electrons. The second-order valence-corrected chi connectivity index (χ2v) is 4.55. The molecule has 0 aromatic rings. The molecule has 0 spiro atoms. The SMILES string of the molecule is CNC(=O)C1(C(F)(F)F)CCN(CC(F)(F)F)CC1. The molecule has 1 rings (SSSR count). The molecule has 9 heteroatoms. The van der Waals surface area contributed by atoms with Crippen LogP contribution in [0.1, 0.15) is 12.8 Å². The average Bonchev–Trinajstić information content (AvgIpc) is 2.25. The van der Waals surface area contributed by atoms with Crippen molar-refractivity contribution in [2.75, 3.05) is 26.7 Å². The van der Waals surface area contributed by atoms with Gasteiger partial charge in [0, 0.05) is 7.05 Å². The Morgan fingerprint density at radius 1 is 1.16 bits per heavy atom. The Labute approximate surface area is 105 Å². The normalized spacial score (nSPS) is 21.2. The standard InChI is InChI=1S/C10H14F6N2O/c1-17-7(19)8(10(14,15)16)2-4-18(5-3-8)6-9(11,12)13/h2-6H2,1H3,(H,17,19). The van der Waals surface area contributed by atoms with Crippen molar-refractivity contribution in [2.45, 2.75) is 25.2 Å². The molecule has 1 N–H and O–H groups in total. The quantitative estimate of drug-likeness (QED) is 0.789. The lowest BCUT2D eigenvalue weighted by Crippen LogP contribution is -2.56. The van der Waals surface area contributed by atoms with Gasteiger partial charge in [-0.15, -0.1) is 0 Å². The number of carbonyl (C=O) groups is 1. The van der Waals surface area contributed by atoms with Gasteiger partial charge in [0.1, 0.15) is 5.41 Å². The maximum Gasteiger partial charge on any atom is 0.403 e. The lowest BCUT2D eigenvalue weighted by atomic mass is 9.76. The molecule has 1 fully saturated rings. The van der Waals surface area contributed by atoms with Crippen molar-refractivity contribution in [3.8, 4) is 0 Å². The first kappa shape index (κ1) is 16.1. The average molecular weight is 292 g/mol. The van der Waals surface area contributed by atoms with Gasteiger partial charge in [-0.25, -0.2) is 0 Å². The summed E-state index contributed by atoms with van der Waals surface area (Å²) >= 11 is 0. The molecule has 0 atom stereocenters. The largest absolute Gasteiger partial charge is 0.403 e. The fraction of sp³-hybridized carbons (Fsp3) is 0.900. The minimum atomic E-state index is -4.77. The van der Waals surface area contributed by atoms with Crippen molar-refractivity contribution in [2.24, 2.45) is 5.41 Å².